The minimum Gasteiger partial charge on any atom is -0.497 e. The van der Waals surface area contributed by atoms with Gasteiger partial charge < -0.3 is 20.9 Å². The third-order valence-electron chi connectivity index (χ3n) is 4.16. The maximum Gasteiger partial charge on any atom is 0.121 e. The number of aryl methyl sites for hydroxylation is 1. The summed E-state index contributed by atoms with van der Waals surface area (Å²) in [5.74, 6) is 0.758. The predicted molar refractivity (Wildman–Crippen MR) is 109 cm³/mol. The molecule has 1 unspecified atom stereocenters. The SMILES string of the molecule is COc1ccc2c(NCC(O)CN)cc(-c3ccc(C)cc3)nc2c1.Cl. The summed E-state index contributed by atoms with van der Waals surface area (Å²) in [4.78, 5) is 4.78. The lowest BCUT2D eigenvalue weighted by molar-refractivity contribution is 0.196. The van der Waals surface area contributed by atoms with Gasteiger partial charge in [-0.1, -0.05) is 29.8 Å². The number of benzene rings is 2. The van der Waals surface area contributed by atoms with E-state index in [1.54, 1.807) is 7.11 Å². The zero-order chi connectivity index (χ0) is 17.8. The monoisotopic (exact) mass is 373 g/mol. The van der Waals surface area contributed by atoms with Crippen LogP contribution in [0.4, 0.5) is 5.69 Å². The summed E-state index contributed by atoms with van der Waals surface area (Å²) in [5.41, 5.74) is 10.4. The number of aromatic nitrogens is 1. The fraction of sp³-hybridized carbons (Fsp3) is 0.250. The van der Waals surface area contributed by atoms with Crippen LogP contribution in [0, 0.1) is 6.92 Å². The van der Waals surface area contributed by atoms with Crippen molar-refractivity contribution in [3.63, 3.8) is 0 Å². The second-order valence-electron chi connectivity index (χ2n) is 6.07. The Labute approximate surface area is 159 Å². The van der Waals surface area contributed by atoms with Crippen molar-refractivity contribution in [2.75, 3.05) is 25.5 Å². The predicted octanol–water partition coefficient (Wildman–Crippen LogP) is 3.37. The molecule has 1 heterocycles. The summed E-state index contributed by atoms with van der Waals surface area (Å²) < 4.78 is 5.32. The highest BCUT2D eigenvalue weighted by molar-refractivity contribution is 5.94. The van der Waals surface area contributed by atoms with E-state index in [1.165, 1.54) is 5.56 Å². The van der Waals surface area contributed by atoms with Crippen molar-refractivity contribution in [3.05, 3.63) is 54.1 Å². The quantitative estimate of drug-likeness (QED) is 0.617. The number of ether oxygens (including phenoxy) is 1. The highest BCUT2D eigenvalue weighted by Gasteiger charge is 2.10. The maximum absolute atomic E-state index is 9.77. The summed E-state index contributed by atoms with van der Waals surface area (Å²) in [6.45, 7) is 2.66. The van der Waals surface area contributed by atoms with Crippen LogP contribution in [0.1, 0.15) is 5.56 Å². The van der Waals surface area contributed by atoms with Crippen LogP contribution in [0.2, 0.25) is 0 Å². The van der Waals surface area contributed by atoms with Gasteiger partial charge in [-0.05, 0) is 25.1 Å². The molecule has 0 aliphatic carbocycles. The zero-order valence-electron chi connectivity index (χ0n) is 14.9. The number of methoxy groups -OCH3 is 1. The van der Waals surface area contributed by atoms with Crippen LogP contribution >= 0.6 is 12.4 Å². The summed E-state index contributed by atoms with van der Waals surface area (Å²) in [6, 6.07) is 16.0. The first-order valence-electron chi connectivity index (χ1n) is 8.28. The van der Waals surface area contributed by atoms with Crippen LogP contribution in [0.15, 0.2) is 48.5 Å². The van der Waals surface area contributed by atoms with Crippen LogP contribution in [0.25, 0.3) is 22.2 Å². The van der Waals surface area contributed by atoms with Crippen LogP contribution < -0.4 is 15.8 Å². The van der Waals surface area contributed by atoms with Crippen molar-refractivity contribution < 1.29 is 9.84 Å². The first kappa shape index (κ1) is 20.0. The van der Waals surface area contributed by atoms with Crippen LogP contribution in [-0.4, -0.2) is 36.4 Å². The summed E-state index contributed by atoms with van der Waals surface area (Å²) >= 11 is 0. The normalized spacial score (nSPS) is 11.7. The molecule has 0 saturated heterocycles. The van der Waals surface area contributed by atoms with Crippen molar-refractivity contribution in [3.8, 4) is 17.0 Å². The number of pyridine rings is 1. The second kappa shape index (κ2) is 8.85. The maximum atomic E-state index is 9.77. The Hall–Kier alpha value is -2.34. The van der Waals surface area contributed by atoms with E-state index in [9.17, 15) is 5.11 Å². The van der Waals surface area contributed by atoms with Gasteiger partial charge in [-0.3, -0.25) is 0 Å². The van der Waals surface area contributed by atoms with Gasteiger partial charge in [0.1, 0.15) is 5.75 Å². The second-order valence-corrected chi connectivity index (χ2v) is 6.07. The standard InChI is InChI=1S/C20H23N3O2.ClH/c1-13-3-5-14(6-4-13)18-10-19(22-12-15(24)11-21)17-8-7-16(25-2)9-20(17)23-18;/h3-10,15,24H,11-12,21H2,1-2H3,(H,22,23);1H. The van der Waals surface area contributed by atoms with Gasteiger partial charge in [0.05, 0.1) is 24.4 Å². The molecule has 0 spiro atoms. The zero-order valence-corrected chi connectivity index (χ0v) is 15.7. The first-order chi connectivity index (χ1) is 12.1. The largest absolute Gasteiger partial charge is 0.497 e. The number of anilines is 1. The first-order valence-corrected chi connectivity index (χ1v) is 8.28. The molecule has 0 aliphatic heterocycles. The van der Waals surface area contributed by atoms with Gasteiger partial charge in [0, 0.05) is 35.8 Å². The van der Waals surface area contributed by atoms with E-state index in [4.69, 9.17) is 15.5 Å². The molecule has 6 heteroatoms. The summed E-state index contributed by atoms with van der Waals surface area (Å²) in [7, 11) is 1.64. The minimum absolute atomic E-state index is 0. The Morgan fingerprint density at radius 2 is 1.88 bits per heavy atom. The molecule has 5 nitrogen and oxygen atoms in total. The van der Waals surface area contributed by atoms with Crippen molar-refractivity contribution >= 4 is 29.0 Å². The molecule has 0 bridgehead atoms. The molecule has 1 atom stereocenters. The molecule has 0 saturated carbocycles. The van der Waals surface area contributed by atoms with Crippen LogP contribution in [-0.2, 0) is 0 Å². The van der Waals surface area contributed by atoms with Gasteiger partial charge >= 0.3 is 0 Å². The number of rotatable bonds is 6. The molecule has 4 N–H and O–H groups in total. The molecule has 0 radical (unpaired) electrons. The van der Waals surface area contributed by atoms with Crippen molar-refractivity contribution in [1.82, 2.24) is 4.98 Å². The highest BCUT2D eigenvalue weighted by atomic mass is 35.5. The van der Waals surface area contributed by atoms with E-state index in [1.807, 2.05) is 24.3 Å². The number of hydrogen-bond acceptors (Lipinski definition) is 5. The van der Waals surface area contributed by atoms with E-state index in [-0.39, 0.29) is 19.0 Å². The lowest BCUT2D eigenvalue weighted by Crippen LogP contribution is -2.27. The average Bonchev–Trinajstić information content (AvgIpc) is 2.65. The van der Waals surface area contributed by atoms with Gasteiger partial charge in [0.2, 0.25) is 0 Å². The minimum atomic E-state index is -0.593. The lowest BCUT2D eigenvalue weighted by Gasteiger charge is -2.15. The van der Waals surface area contributed by atoms with Crippen LogP contribution in [0.3, 0.4) is 0 Å². The summed E-state index contributed by atoms with van der Waals surface area (Å²) in [5, 5.41) is 14.0. The number of nitrogens with one attached hydrogen (secondary N) is 1. The van der Waals surface area contributed by atoms with Crippen molar-refractivity contribution in [2.24, 2.45) is 5.73 Å². The number of fused-ring (bicyclic) bond motifs is 1. The molecule has 0 fully saturated rings. The molecular weight excluding hydrogens is 350 g/mol. The van der Waals surface area contributed by atoms with E-state index in [2.05, 4.69) is 36.5 Å². The van der Waals surface area contributed by atoms with Crippen LogP contribution in [0.5, 0.6) is 5.75 Å². The number of aliphatic hydroxyl groups is 1. The lowest BCUT2D eigenvalue weighted by atomic mass is 10.1. The number of hydrogen-bond donors (Lipinski definition) is 3. The number of nitrogens with two attached hydrogens (primary N) is 1. The molecule has 3 rings (SSSR count). The van der Waals surface area contributed by atoms with Gasteiger partial charge in [0.15, 0.2) is 0 Å². The van der Waals surface area contributed by atoms with E-state index in [0.29, 0.717) is 6.54 Å². The third kappa shape index (κ3) is 4.43. The molecule has 0 aliphatic rings. The Morgan fingerprint density at radius 1 is 1.15 bits per heavy atom. The highest BCUT2D eigenvalue weighted by Crippen LogP contribution is 2.30. The van der Waals surface area contributed by atoms with Crippen molar-refractivity contribution in [2.45, 2.75) is 13.0 Å². The number of nitrogens with zero attached hydrogens (tertiary/aromatic N) is 1. The molecule has 0 amide bonds. The third-order valence-corrected chi connectivity index (χ3v) is 4.16. The molecule has 3 aromatic rings. The van der Waals surface area contributed by atoms with Crippen molar-refractivity contribution in [1.29, 1.82) is 0 Å². The summed E-state index contributed by atoms with van der Waals surface area (Å²) in [6.07, 6.45) is -0.593. The Bertz CT molecular complexity index is 869. The van der Waals surface area contributed by atoms with E-state index in [0.717, 1.165) is 33.6 Å². The van der Waals surface area contributed by atoms with Gasteiger partial charge in [-0.15, -0.1) is 12.4 Å². The Kier molecular flexibility index (Phi) is 6.80. The molecule has 1 aromatic heterocycles. The van der Waals surface area contributed by atoms with Gasteiger partial charge in [-0.25, -0.2) is 4.98 Å². The Morgan fingerprint density at radius 3 is 2.54 bits per heavy atom. The van der Waals surface area contributed by atoms with E-state index >= 15 is 0 Å². The number of aliphatic hydroxyl groups excluding tert-OH is 1. The average molecular weight is 374 g/mol. The fourth-order valence-corrected chi connectivity index (χ4v) is 2.66. The molecule has 138 valence electrons. The fourth-order valence-electron chi connectivity index (χ4n) is 2.66. The van der Waals surface area contributed by atoms with Gasteiger partial charge in [0.25, 0.3) is 0 Å². The molecular formula is C20H24ClN3O2. The molecule has 2 aromatic carbocycles. The number of halogens is 1. The Balaban J connectivity index is 0.00000243. The van der Waals surface area contributed by atoms with E-state index < -0.39 is 6.10 Å². The topological polar surface area (TPSA) is 80.4 Å². The van der Waals surface area contributed by atoms with Gasteiger partial charge in [-0.2, -0.15) is 0 Å². The smallest absolute Gasteiger partial charge is 0.121 e. The molecule has 26 heavy (non-hydrogen) atoms.